The van der Waals surface area contributed by atoms with Crippen LogP contribution >= 0.6 is 0 Å². The van der Waals surface area contributed by atoms with Gasteiger partial charge in [-0.2, -0.15) is 0 Å². The van der Waals surface area contributed by atoms with E-state index in [4.69, 9.17) is 14.0 Å². The third-order valence-corrected chi connectivity index (χ3v) is 5.63. The summed E-state index contributed by atoms with van der Waals surface area (Å²) in [5.41, 5.74) is 2.23. The number of methoxy groups -OCH3 is 2. The number of carbonyl (C=O) groups excluding carboxylic acids is 1. The lowest BCUT2D eigenvalue weighted by molar-refractivity contribution is 0.0929. The van der Waals surface area contributed by atoms with E-state index in [1.165, 1.54) is 0 Å². The molecule has 1 aromatic heterocycles. The molecule has 1 saturated heterocycles. The Morgan fingerprint density at radius 1 is 1.06 bits per heavy atom. The summed E-state index contributed by atoms with van der Waals surface area (Å²) in [6, 6.07) is 17.2. The second-order valence-electron chi connectivity index (χ2n) is 7.53. The van der Waals surface area contributed by atoms with Gasteiger partial charge in [0.25, 0.3) is 5.91 Å². The van der Waals surface area contributed by atoms with Gasteiger partial charge in [0.2, 0.25) is 0 Å². The van der Waals surface area contributed by atoms with Crippen LogP contribution in [0.25, 0.3) is 11.3 Å². The second kappa shape index (κ2) is 9.66. The van der Waals surface area contributed by atoms with Gasteiger partial charge >= 0.3 is 0 Å². The van der Waals surface area contributed by atoms with E-state index in [0.29, 0.717) is 23.8 Å². The predicted molar refractivity (Wildman–Crippen MR) is 117 cm³/mol. The van der Waals surface area contributed by atoms with Crippen molar-refractivity contribution < 1.29 is 18.8 Å². The third kappa shape index (κ3) is 4.72. The minimum atomic E-state index is -0.254. The largest absolute Gasteiger partial charge is 0.493 e. The van der Waals surface area contributed by atoms with Crippen molar-refractivity contribution in [2.24, 2.45) is 0 Å². The molecular weight excluding hydrogens is 394 g/mol. The van der Waals surface area contributed by atoms with Gasteiger partial charge in [-0.25, -0.2) is 0 Å². The Hall–Kier alpha value is -3.32. The van der Waals surface area contributed by atoms with Gasteiger partial charge in [0.1, 0.15) is 0 Å². The molecule has 7 heteroatoms. The third-order valence-electron chi connectivity index (χ3n) is 5.63. The van der Waals surface area contributed by atoms with Crippen LogP contribution in [0, 0.1) is 0 Å². The average molecular weight is 421 g/mol. The van der Waals surface area contributed by atoms with Crippen LogP contribution in [-0.2, 0) is 0 Å². The van der Waals surface area contributed by atoms with Crippen LogP contribution in [0.15, 0.2) is 59.1 Å². The number of rotatable bonds is 8. The Bertz CT molecular complexity index is 1010. The highest BCUT2D eigenvalue weighted by atomic mass is 16.5. The van der Waals surface area contributed by atoms with Crippen LogP contribution in [0.4, 0.5) is 0 Å². The lowest BCUT2D eigenvalue weighted by Gasteiger charge is -2.28. The molecule has 4 rings (SSSR count). The summed E-state index contributed by atoms with van der Waals surface area (Å²) in [6.45, 7) is 2.45. The first-order valence-corrected chi connectivity index (χ1v) is 10.5. The van der Waals surface area contributed by atoms with E-state index < -0.39 is 0 Å². The van der Waals surface area contributed by atoms with Gasteiger partial charge in [0, 0.05) is 18.2 Å². The quantitative estimate of drug-likeness (QED) is 0.594. The molecule has 31 heavy (non-hydrogen) atoms. The number of carbonyl (C=O) groups is 1. The lowest BCUT2D eigenvalue weighted by atomic mass is 10.0. The number of hydrogen-bond donors (Lipinski definition) is 1. The second-order valence-corrected chi connectivity index (χ2v) is 7.53. The number of benzene rings is 2. The van der Waals surface area contributed by atoms with Gasteiger partial charge < -0.3 is 19.3 Å². The van der Waals surface area contributed by atoms with Gasteiger partial charge in [0.05, 0.1) is 20.3 Å². The molecular formula is C24H27N3O4. The zero-order valence-corrected chi connectivity index (χ0v) is 17.8. The van der Waals surface area contributed by atoms with Crippen LogP contribution in [-0.4, -0.2) is 49.8 Å². The first-order chi connectivity index (χ1) is 15.2. The molecule has 1 atom stereocenters. The molecule has 1 amide bonds. The molecule has 1 aliphatic heterocycles. The normalized spacial score (nSPS) is 14.9. The van der Waals surface area contributed by atoms with Crippen molar-refractivity contribution in [3.8, 4) is 22.8 Å². The lowest BCUT2D eigenvalue weighted by Crippen LogP contribution is -2.37. The average Bonchev–Trinajstić information content (AvgIpc) is 3.52. The summed E-state index contributed by atoms with van der Waals surface area (Å²) in [4.78, 5) is 15.2. The molecule has 0 radical (unpaired) electrons. The van der Waals surface area contributed by atoms with Crippen LogP contribution in [0.1, 0.15) is 34.9 Å². The summed E-state index contributed by atoms with van der Waals surface area (Å²) in [5.74, 6) is 1.68. The number of amides is 1. The number of likely N-dealkylation sites (tertiary alicyclic amines) is 1. The highest BCUT2D eigenvalue weighted by Crippen LogP contribution is 2.33. The molecule has 2 heterocycles. The number of aromatic nitrogens is 1. The molecule has 1 N–H and O–H groups in total. The van der Waals surface area contributed by atoms with Crippen molar-refractivity contribution in [3.63, 3.8) is 0 Å². The fraction of sp³-hybridized carbons (Fsp3) is 0.333. The van der Waals surface area contributed by atoms with Crippen molar-refractivity contribution >= 4 is 5.91 Å². The zero-order chi connectivity index (χ0) is 21.6. The molecule has 0 bridgehead atoms. The maximum Gasteiger partial charge on any atom is 0.273 e. The molecule has 7 nitrogen and oxygen atoms in total. The zero-order valence-electron chi connectivity index (χ0n) is 17.8. The maximum atomic E-state index is 12.8. The van der Waals surface area contributed by atoms with Crippen molar-refractivity contribution in [2.75, 3.05) is 33.9 Å². The molecule has 0 aliphatic carbocycles. The minimum Gasteiger partial charge on any atom is -0.493 e. The molecule has 3 aromatic rings. The first kappa shape index (κ1) is 20.9. The van der Waals surface area contributed by atoms with Gasteiger partial charge in [-0.15, -0.1) is 0 Å². The summed E-state index contributed by atoms with van der Waals surface area (Å²) in [5, 5.41) is 6.98. The van der Waals surface area contributed by atoms with E-state index in [1.807, 2.05) is 48.5 Å². The molecule has 2 aromatic carbocycles. The highest BCUT2D eigenvalue weighted by molar-refractivity contribution is 5.93. The summed E-state index contributed by atoms with van der Waals surface area (Å²) in [6.07, 6.45) is 2.31. The van der Waals surface area contributed by atoms with Crippen LogP contribution in [0.3, 0.4) is 0 Å². The summed E-state index contributed by atoms with van der Waals surface area (Å²) < 4.78 is 16.2. The SMILES string of the molecule is COc1ccc([C@H](CNC(=O)c2cc(-c3ccccc3)on2)N2CCCC2)cc1OC. The van der Waals surface area contributed by atoms with Crippen molar-refractivity contribution in [3.05, 3.63) is 65.9 Å². The smallest absolute Gasteiger partial charge is 0.273 e. The van der Waals surface area contributed by atoms with Crippen LogP contribution in [0.2, 0.25) is 0 Å². The fourth-order valence-corrected chi connectivity index (χ4v) is 3.97. The van der Waals surface area contributed by atoms with E-state index in [9.17, 15) is 4.79 Å². The van der Waals surface area contributed by atoms with Gasteiger partial charge in [0.15, 0.2) is 23.0 Å². The van der Waals surface area contributed by atoms with E-state index in [1.54, 1.807) is 20.3 Å². The maximum absolute atomic E-state index is 12.8. The van der Waals surface area contributed by atoms with Gasteiger partial charge in [-0.1, -0.05) is 41.6 Å². The summed E-state index contributed by atoms with van der Waals surface area (Å²) in [7, 11) is 3.25. The minimum absolute atomic E-state index is 0.0340. The Balaban J connectivity index is 1.49. The topological polar surface area (TPSA) is 76.8 Å². The highest BCUT2D eigenvalue weighted by Gasteiger charge is 2.26. The molecule has 0 saturated carbocycles. The number of hydrogen-bond acceptors (Lipinski definition) is 6. The predicted octanol–water partition coefficient (Wildman–Crippen LogP) is 3.93. The monoisotopic (exact) mass is 421 g/mol. The number of nitrogens with one attached hydrogen (secondary N) is 1. The molecule has 162 valence electrons. The standard InChI is InChI=1S/C24H27N3O4/c1-29-21-11-10-18(14-23(21)30-2)20(27-12-6-7-13-27)16-25-24(28)19-15-22(31-26-19)17-8-4-3-5-9-17/h3-5,8-11,14-15,20H,6-7,12-13,16H2,1-2H3,(H,25,28)/t20-/m0/s1. The van der Waals surface area contributed by atoms with E-state index in [-0.39, 0.29) is 17.6 Å². The summed E-state index contributed by atoms with van der Waals surface area (Å²) >= 11 is 0. The number of nitrogens with zero attached hydrogens (tertiary/aromatic N) is 2. The molecule has 0 spiro atoms. The molecule has 1 aliphatic rings. The van der Waals surface area contributed by atoms with Crippen molar-refractivity contribution in [2.45, 2.75) is 18.9 Å². The van der Waals surface area contributed by atoms with E-state index >= 15 is 0 Å². The van der Waals surface area contributed by atoms with E-state index in [0.717, 1.165) is 37.1 Å². The van der Waals surface area contributed by atoms with Crippen LogP contribution < -0.4 is 14.8 Å². The van der Waals surface area contributed by atoms with Gasteiger partial charge in [-0.3, -0.25) is 9.69 Å². The van der Waals surface area contributed by atoms with E-state index in [2.05, 4.69) is 15.4 Å². The molecule has 1 fully saturated rings. The number of ether oxygens (including phenoxy) is 2. The van der Waals surface area contributed by atoms with Crippen molar-refractivity contribution in [1.29, 1.82) is 0 Å². The van der Waals surface area contributed by atoms with Crippen molar-refractivity contribution in [1.82, 2.24) is 15.4 Å². The fourth-order valence-electron chi connectivity index (χ4n) is 3.97. The Morgan fingerprint density at radius 3 is 2.52 bits per heavy atom. The molecule has 0 unspecified atom stereocenters. The first-order valence-electron chi connectivity index (χ1n) is 10.5. The van der Waals surface area contributed by atoms with Crippen LogP contribution in [0.5, 0.6) is 11.5 Å². The Kier molecular flexibility index (Phi) is 6.52. The Morgan fingerprint density at radius 2 is 1.81 bits per heavy atom. The van der Waals surface area contributed by atoms with Gasteiger partial charge in [-0.05, 0) is 43.6 Å². The Labute approximate surface area is 181 Å².